The van der Waals surface area contributed by atoms with Crippen molar-refractivity contribution in [2.75, 3.05) is 6.61 Å². The monoisotopic (exact) mass is 175 g/mol. The maximum Gasteiger partial charge on any atom is 0.111 e. The topological polar surface area (TPSA) is 107 Å². The molecular weight excluding hydrogens is 162 g/mol. The minimum Gasteiger partial charge on any atom is -0.392 e. The molecule has 0 radical (unpaired) electrons. The Morgan fingerprint density at radius 2 is 1.83 bits per heavy atom. The molecule has 12 heavy (non-hydrogen) atoms. The van der Waals surface area contributed by atoms with Crippen LogP contribution in [0.2, 0.25) is 0 Å². The molecular formula is C7H13NO4. The van der Waals surface area contributed by atoms with Gasteiger partial charge in [-0.1, -0.05) is 6.08 Å². The molecule has 1 aliphatic rings. The van der Waals surface area contributed by atoms with E-state index in [0.29, 0.717) is 0 Å². The van der Waals surface area contributed by atoms with Crippen molar-refractivity contribution in [1.29, 1.82) is 0 Å². The molecule has 0 bridgehead atoms. The number of aliphatic hydroxyl groups is 4. The lowest BCUT2D eigenvalue weighted by atomic mass is 9.89. The summed E-state index contributed by atoms with van der Waals surface area (Å²) in [6, 6.07) is -0.731. The number of nitrogens with two attached hydrogens (primary N) is 1. The van der Waals surface area contributed by atoms with Crippen LogP contribution < -0.4 is 5.73 Å². The highest BCUT2D eigenvalue weighted by Crippen LogP contribution is 2.18. The van der Waals surface area contributed by atoms with Gasteiger partial charge in [-0.15, -0.1) is 0 Å². The first kappa shape index (κ1) is 9.63. The predicted molar refractivity (Wildman–Crippen MR) is 41.2 cm³/mol. The molecule has 0 aliphatic heterocycles. The van der Waals surface area contributed by atoms with E-state index in [1.807, 2.05) is 0 Å². The Morgan fingerprint density at radius 1 is 1.25 bits per heavy atom. The zero-order valence-electron chi connectivity index (χ0n) is 6.46. The fourth-order valence-corrected chi connectivity index (χ4v) is 1.22. The van der Waals surface area contributed by atoms with E-state index in [2.05, 4.69) is 0 Å². The van der Waals surface area contributed by atoms with Crippen LogP contribution in [-0.4, -0.2) is 51.4 Å². The third kappa shape index (κ3) is 1.50. The Hall–Kier alpha value is -0.460. The van der Waals surface area contributed by atoms with Gasteiger partial charge in [-0.3, -0.25) is 0 Å². The van der Waals surface area contributed by atoms with E-state index >= 15 is 0 Å². The van der Waals surface area contributed by atoms with E-state index in [1.165, 1.54) is 6.08 Å². The van der Waals surface area contributed by atoms with Crippen LogP contribution in [0.1, 0.15) is 0 Å². The fraction of sp³-hybridized carbons (Fsp3) is 0.714. The molecule has 4 atom stereocenters. The van der Waals surface area contributed by atoms with Crippen LogP contribution in [0.5, 0.6) is 0 Å². The molecule has 0 aromatic heterocycles. The van der Waals surface area contributed by atoms with Gasteiger partial charge in [0.15, 0.2) is 0 Å². The second-order valence-electron chi connectivity index (χ2n) is 2.90. The maximum atomic E-state index is 9.23. The van der Waals surface area contributed by atoms with Gasteiger partial charge in [-0.05, 0) is 5.57 Å². The summed E-state index contributed by atoms with van der Waals surface area (Å²) < 4.78 is 0. The summed E-state index contributed by atoms with van der Waals surface area (Å²) in [5.74, 6) is 0. The maximum absolute atomic E-state index is 9.23. The third-order valence-corrected chi connectivity index (χ3v) is 2.04. The lowest BCUT2D eigenvalue weighted by molar-refractivity contribution is -0.0596. The third-order valence-electron chi connectivity index (χ3n) is 2.04. The first-order valence-corrected chi connectivity index (χ1v) is 3.69. The van der Waals surface area contributed by atoms with Gasteiger partial charge in [0, 0.05) is 0 Å². The highest BCUT2D eigenvalue weighted by molar-refractivity contribution is 5.20. The van der Waals surface area contributed by atoms with Gasteiger partial charge in [0.1, 0.15) is 18.3 Å². The molecule has 5 heteroatoms. The van der Waals surface area contributed by atoms with E-state index in [1.54, 1.807) is 0 Å². The van der Waals surface area contributed by atoms with Gasteiger partial charge in [0.05, 0.1) is 12.6 Å². The van der Waals surface area contributed by atoms with Crippen LogP contribution in [0, 0.1) is 0 Å². The van der Waals surface area contributed by atoms with E-state index in [9.17, 15) is 10.2 Å². The fourth-order valence-electron chi connectivity index (χ4n) is 1.22. The van der Waals surface area contributed by atoms with E-state index < -0.39 is 24.4 Å². The van der Waals surface area contributed by atoms with Gasteiger partial charge in [0.2, 0.25) is 0 Å². The number of hydrogen-bond acceptors (Lipinski definition) is 5. The summed E-state index contributed by atoms with van der Waals surface area (Å²) in [4.78, 5) is 0. The largest absolute Gasteiger partial charge is 0.392 e. The Balaban J connectivity index is 2.84. The molecule has 0 amide bonds. The molecule has 0 fully saturated rings. The highest BCUT2D eigenvalue weighted by atomic mass is 16.4. The number of hydrogen-bond donors (Lipinski definition) is 5. The molecule has 0 heterocycles. The van der Waals surface area contributed by atoms with Crippen molar-refractivity contribution in [2.24, 2.45) is 5.73 Å². The Labute approximate surface area is 69.8 Å². The van der Waals surface area contributed by atoms with Crippen LogP contribution in [0.4, 0.5) is 0 Å². The molecule has 70 valence electrons. The average Bonchev–Trinajstić information content (AvgIpc) is 2.08. The summed E-state index contributed by atoms with van der Waals surface area (Å²) >= 11 is 0. The molecule has 0 saturated carbocycles. The van der Waals surface area contributed by atoms with Gasteiger partial charge in [-0.2, -0.15) is 0 Å². The first-order chi connectivity index (χ1) is 5.57. The molecule has 0 aromatic carbocycles. The van der Waals surface area contributed by atoms with Crippen molar-refractivity contribution in [2.45, 2.75) is 24.4 Å². The van der Waals surface area contributed by atoms with Crippen LogP contribution in [0.25, 0.3) is 0 Å². The minimum atomic E-state index is -1.31. The van der Waals surface area contributed by atoms with Crippen molar-refractivity contribution in [1.82, 2.24) is 0 Å². The van der Waals surface area contributed by atoms with Crippen LogP contribution in [-0.2, 0) is 0 Å². The Bertz CT molecular complexity index is 194. The molecule has 5 nitrogen and oxygen atoms in total. The summed E-state index contributed by atoms with van der Waals surface area (Å²) in [5, 5.41) is 36.3. The lowest BCUT2D eigenvalue weighted by Crippen LogP contribution is -2.52. The standard InChI is InChI=1S/C7H13NO4/c8-4-1-3(2-9)5(10)7(12)6(4)11/h1,4-7,9-12H,2,8H2/t4-,5+,6?,7?/m0/s1. The average molecular weight is 175 g/mol. The van der Waals surface area contributed by atoms with Crippen LogP contribution in [0.15, 0.2) is 11.6 Å². The number of rotatable bonds is 1. The highest BCUT2D eigenvalue weighted by Gasteiger charge is 2.34. The Morgan fingerprint density at radius 3 is 2.33 bits per heavy atom. The van der Waals surface area contributed by atoms with Gasteiger partial charge in [0.25, 0.3) is 0 Å². The van der Waals surface area contributed by atoms with Crippen molar-refractivity contribution < 1.29 is 20.4 Å². The normalized spacial score (nSPS) is 42.6. The van der Waals surface area contributed by atoms with E-state index in [4.69, 9.17) is 15.9 Å². The second kappa shape index (κ2) is 3.51. The summed E-state index contributed by atoms with van der Waals surface area (Å²) in [6.45, 7) is -0.362. The minimum absolute atomic E-state index is 0.250. The van der Waals surface area contributed by atoms with Crippen molar-refractivity contribution in [3.05, 3.63) is 11.6 Å². The summed E-state index contributed by atoms with van der Waals surface area (Å²) in [7, 11) is 0. The molecule has 0 saturated heterocycles. The van der Waals surface area contributed by atoms with Crippen molar-refractivity contribution in [3.63, 3.8) is 0 Å². The molecule has 0 spiro atoms. The van der Waals surface area contributed by atoms with Crippen LogP contribution >= 0.6 is 0 Å². The number of aliphatic hydroxyl groups excluding tert-OH is 4. The van der Waals surface area contributed by atoms with Gasteiger partial charge < -0.3 is 26.2 Å². The van der Waals surface area contributed by atoms with Crippen molar-refractivity contribution in [3.8, 4) is 0 Å². The molecule has 2 unspecified atom stereocenters. The molecule has 1 rings (SSSR count). The zero-order chi connectivity index (χ0) is 9.30. The predicted octanol–water partition coefficient (Wildman–Crippen LogP) is -2.67. The van der Waals surface area contributed by atoms with E-state index in [0.717, 1.165) is 0 Å². The molecule has 6 N–H and O–H groups in total. The SMILES string of the molecule is N[C@H]1C=C(CO)[C@@H](O)C(O)C1O. The molecule has 1 aliphatic carbocycles. The first-order valence-electron chi connectivity index (χ1n) is 3.69. The van der Waals surface area contributed by atoms with Gasteiger partial charge >= 0.3 is 0 Å². The second-order valence-corrected chi connectivity index (χ2v) is 2.90. The summed E-state index contributed by atoms with van der Waals surface area (Å²) in [6.07, 6.45) is -2.34. The van der Waals surface area contributed by atoms with E-state index in [-0.39, 0.29) is 12.2 Å². The zero-order valence-corrected chi connectivity index (χ0v) is 6.46. The van der Waals surface area contributed by atoms with Crippen molar-refractivity contribution >= 4 is 0 Å². The lowest BCUT2D eigenvalue weighted by Gasteiger charge is -2.32. The summed E-state index contributed by atoms with van der Waals surface area (Å²) in [5.41, 5.74) is 5.64. The Kier molecular flexibility index (Phi) is 2.81. The van der Waals surface area contributed by atoms with Gasteiger partial charge in [-0.25, -0.2) is 0 Å². The smallest absolute Gasteiger partial charge is 0.111 e. The quantitative estimate of drug-likeness (QED) is 0.279. The molecule has 0 aromatic rings. The van der Waals surface area contributed by atoms with Crippen LogP contribution in [0.3, 0.4) is 0 Å².